The van der Waals surface area contributed by atoms with Crippen LogP contribution in [0.2, 0.25) is 10.0 Å². The van der Waals surface area contributed by atoms with Gasteiger partial charge in [0.05, 0.1) is 28.8 Å². The van der Waals surface area contributed by atoms with E-state index in [1.165, 1.54) is 4.90 Å². The van der Waals surface area contributed by atoms with Gasteiger partial charge in [-0.25, -0.2) is 0 Å². The van der Waals surface area contributed by atoms with Crippen LogP contribution in [0, 0.1) is 6.92 Å². The lowest BCUT2D eigenvalue weighted by Gasteiger charge is -2.26. The highest BCUT2D eigenvalue weighted by Gasteiger charge is 2.47. The van der Waals surface area contributed by atoms with Crippen molar-refractivity contribution in [2.75, 3.05) is 12.0 Å². The molecule has 0 aromatic heterocycles. The van der Waals surface area contributed by atoms with E-state index in [4.69, 9.17) is 27.9 Å². The van der Waals surface area contributed by atoms with E-state index in [0.29, 0.717) is 27.6 Å². The van der Waals surface area contributed by atoms with Crippen molar-refractivity contribution in [3.63, 3.8) is 0 Å². The fourth-order valence-corrected chi connectivity index (χ4v) is 4.67. The lowest BCUT2D eigenvalue weighted by molar-refractivity contribution is -0.132. The number of aliphatic hydroxyl groups excluding tert-OH is 1. The molecule has 180 valence electrons. The largest absolute Gasteiger partial charge is 0.507 e. The Labute approximate surface area is 214 Å². The first kappa shape index (κ1) is 24.8. The molecule has 3 aromatic rings. The highest BCUT2D eigenvalue weighted by molar-refractivity contribution is 6.51. The quantitative estimate of drug-likeness (QED) is 0.227. The number of aryl methyl sites for hydroxylation is 1. The van der Waals surface area contributed by atoms with Crippen molar-refractivity contribution in [2.45, 2.75) is 32.7 Å². The lowest BCUT2D eigenvalue weighted by Crippen LogP contribution is -2.29. The Hall–Kier alpha value is -3.28. The van der Waals surface area contributed by atoms with E-state index < -0.39 is 17.7 Å². The number of carbonyl (C=O) groups is 2. The van der Waals surface area contributed by atoms with Gasteiger partial charge in [0.25, 0.3) is 11.7 Å². The van der Waals surface area contributed by atoms with E-state index >= 15 is 0 Å². The predicted octanol–water partition coefficient (Wildman–Crippen LogP) is 7.06. The fraction of sp³-hybridized carbons (Fsp3) is 0.214. The van der Waals surface area contributed by atoms with Gasteiger partial charge < -0.3 is 9.84 Å². The minimum atomic E-state index is -0.892. The smallest absolute Gasteiger partial charge is 0.300 e. The van der Waals surface area contributed by atoms with Crippen LogP contribution in [0.3, 0.4) is 0 Å². The minimum absolute atomic E-state index is 0.0187. The van der Waals surface area contributed by atoms with E-state index in [1.807, 2.05) is 39.0 Å². The molecular weight excluding hydrogens is 485 g/mol. The second-order valence-electron chi connectivity index (χ2n) is 8.79. The first-order chi connectivity index (χ1) is 16.6. The maximum absolute atomic E-state index is 13.4. The molecule has 1 unspecified atom stereocenters. The molecule has 0 bridgehead atoms. The van der Waals surface area contributed by atoms with Crippen molar-refractivity contribution < 1.29 is 19.4 Å². The van der Waals surface area contributed by atoms with Crippen LogP contribution >= 0.6 is 23.2 Å². The summed E-state index contributed by atoms with van der Waals surface area (Å²) >= 11 is 12.4. The number of carbonyl (C=O) groups excluding carboxylic acids is 2. The highest BCUT2D eigenvalue weighted by atomic mass is 35.5. The monoisotopic (exact) mass is 509 g/mol. The summed E-state index contributed by atoms with van der Waals surface area (Å²) in [6.07, 6.45) is 0. The van der Waals surface area contributed by atoms with Gasteiger partial charge in [-0.3, -0.25) is 14.5 Å². The number of ether oxygens (including phenoxy) is 1. The zero-order chi connectivity index (χ0) is 25.4. The van der Waals surface area contributed by atoms with Crippen molar-refractivity contribution in [3.05, 3.63) is 98.5 Å². The van der Waals surface area contributed by atoms with Gasteiger partial charge in [0.15, 0.2) is 0 Å². The van der Waals surface area contributed by atoms with Crippen LogP contribution in [0.1, 0.15) is 48.1 Å². The third-order valence-electron chi connectivity index (χ3n) is 6.11. The second-order valence-corrected chi connectivity index (χ2v) is 9.61. The second kappa shape index (κ2) is 9.76. The van der Waals surface area contributed by atoms with Gasteiger partial charge in [0.1, 0.15) is 11.5 Å². The maximum Gasteiger partial charge on any atom is 0.300 e. The third-order valence-corrected chi connectivity index (χ3v) is 6.85. The number of hydrogen-bond donors (Lipinski definition) is 1. The number of halogens is 2. The highest BCUT2D eigenvalue weighted by Crippen LogP contribution is 2.44. The summed E-state index contributed by atoms with van der Waals surface area (Å²) in [4.78, 5) is 28.1. The van der Waals surface area contributed by atoms with Crippen LogP contribution in [0.15, 0.2) is 66.2 Å². The number of amides is 1. The lowest BCUT2D eigenvalue weighted by atomic mass is 9.93. The molecule has 0 saturated carbocycles. The Morgan fingerprint density at radius 2 is 1.74 bits per heavy atom. The molecule has 1 N–H and O–H groups in total. The molecule has 7 heteroatoms. The zero-order valence-corrected chi connectivity index (χ0v) is 21.3. The van der Waals surface area contributed by atoms with Crippen LogP contribution in [0.4, 0.5) is 5.69 Å². The molecule has 4 rings (SSSR count). The Bertz CT molecular complexity index is 1360. The van der Waals surface area contributed by atoms with Gasteiger partial charge in [0, 0.05) is 11.3 Å². The molecule has 1 fully saturated rings. The van der Waals surface area contributed by atoms with E-state index in [-0.39, 0.29) is 22.3 Å². The predicted molar refractivity (Wildman–Crippen MR) is 140 cm³/mol. The zero-order valence-electron chi connectivity index (χ0n) is 19.8. The summed E-state index contributed by atoms with van der Waals surface area (Å²) in [5.41, 5.74) is 3.29. The number of ketones is 1. The topological polar surface area (TPSA) is 66.8 Å². The number of aliphatic hydroxyl groups is 1. The molecule has 5 nitrogen and oxygen atoms in total. The molecular formula is C28H25Cl2NO4. The van der Waals surface area contributed by atoms with E-state index in [0.717, 1.165) is 11.1 Å². The minimum Gasteiger partial charge on any atom is -0.507 e. The van der Waals surface area contributed by atoms with Crippen LogP contribution < -0.4 is 9.64 Å². The molecule has 3 aromatic carbocycles. The number of Topliss-reactive ketones (excluding diaryl/α,β-unsaturated/α-hetero) is 1. The molecule has 0 aliphatic carbocycles. The molecule has 1 saturated heterocycles. The summed E-state index contributed by atoms with van der Waals surface area (Å²) in [5, 5.41) is 12.1. The van der Waals surface area contributed by atoms with Crippen molar-refractivity contribution in [1.82, 2.24) is 0 Å². The SMILES string of the molecule is COc1ccc(/C(O)=C2/C(=O)C(=O)N(c3cccc(C)c3)C2c2ccc(Cl)c(Cl)c2)cc1C(C)C. The maximum atomic E-state index is 13.4. The first-order valence-corrected chi connectivity index (χ1v) is 11.9. The van der Waals surface area contributed by atoms with Gasteiger partial charge in [-0.05, 0) is 72.0 Å². The van der Waals surface area contributed by atoms with Crippen molar-refractivity contribution in [1.29, 1.82) is 0 Å². The Kier molecular flexibility index (Phi) is 6.93. The molecule has 1 aliphatic rings. The Balaban J connectivity index is 1.97. The normalized spacial score (nSPS) is 17.3. The Morgan fingerprint density at radius 1 is 1.00 bits per heavy atom. The molecule has 0 spiro atoms. The summed E-state index contributed by atoms with van der Waals surface area (Å²) in [5.74, 6) is -0.983. The van der Waals surface area contributed by atoms with Gasteiger partial charge >= 0.3 is 0 Å². The molecule has 35 heavy (non-hydrogen) atoms. The Morgan fingerprint density at radius 3 is 2.37 bits per heavy atom. The van der Waals surface area contributed by atoms with Crippen molar-refractivity contribution in [2.24, 2.45) is 0 Å². The average molecular weight is 510 g/mol. The van der Waals surface area contributed by atoms with Crippen LogP contribution in [0.25, 0.3) is 5.76 Å². The first-order valence-electron chi connectivity index (χ1n) is 11.1. The van der Waals surface area contributed by atoms with E-state index in [2.05, 4.69) is 0 Å². The van der Waals surface area contributed by atoms with Gasteiger partial charge in [-0.2, -0.15) is 0 Å². The fourth-order valence-electron chi connectivity index (χ4n) is 4.36. The van der Waals surface area contributed by atoms with Crippen LogP contribution in [-0.4, -0.2) is 23.9 Å². The summed E-state index contributed by atoms with van der Waals surface area (Å²) in [7, 11) is 1.58. The molecule has 1 amide bonds. The molecule has 0 radical (unpaired) electrons. The summed E-state index contributed by atoms with van der Waals surface area (Å²) in [6.45, 7) is 5.92. The summed E-state index contributed by atoms with van der Waals surface area (Å²) < 4.78 is 5.45. The van der Waals surface area contributed by atoms with Crippen LogP contribution in [-0.2, 0) is 9.59 Å². The number of methoxy groups -OCH3 is 1. The molecule has 1 aliphatic heterocycles. The van der Waals surface area contributed by atoms with Crippen molar-refractivity contribution >= 4 is 46.3 Å². The summed E-state index contributed by atoms with van der Waals surface area (Å²) in [6, 6.07) is 16.5. The standard InChI is InChI=1S/C28H25Cl2NO4/c1-15(2)20-13-18(9-11-23(20)35-4)26(32)24-25(17-8-10-21(29)22(30)14-17)31(28(34)27(24)33)19-7-5-6-16(3)12-19/h5-15,25,32H,1-4H3/b26-24-. The van der Waals surface area contributed by atoms with E-state index in [9.17, 15) is 14.7 Å². The van der Waals surface area contributed by atoms with Gasteiger partial charge in [0.2, 0.25) is 0 Å². The number of rotatable bonds is 5. The number of benzene rings is 3. The van der Waals surface area contributed by atoms with Crippen molar-refractivity contribution in [3.8, 4) is 5.75 Å². The number of hydrogen-bond acceptors (Lipinski definition) is 4. The van der Waals surface area contributed by atoms with Crippen LogP contribution in [0.5, 0.6) is 5.75 Å². The van der Waals surface area contributed by atoms with Gasteiger partial charge in [-0.15, -0.1) is 0 Å². The average Bonchev–Trinajstić information content (AvgIpc) is 3.10. The third kappa shape index (κ3) is 4.54. The van der Waals surface area contributed by atoms with Gasteiger partial charge in [-0.1, -0.05) is 55.2 Å². The number of anilines is 1. The van der Waals surface area contributed by atoms with E-state index in [1.54, 1.807) is 49.6 Å². The molecule has 1 heterocycles. The number of nitrogens with zero attached hydrogens (tertiary/aromatic N) is 1. The molecule has 1 atom stereocenters.